The minimum Gasteiger partial charge on any atom is -0.465 e. The van der Waals surface area contributed by atoms with E-state index in [1.165, 1.54) is 11.3 Å². The van der Waals surface area contributed by atoms with Crippen molar-refractivity contribution in [3.05, 3.63) is 16.6 Å². The van der Waals surface area contributed by atoms with Crippen LogP contribution in [-0.2, 0) is 14.9 Å². The zero-order chi connectivity index (χ0) is 9.90. The van der Waals surface area contributed by atoms with Crippen molar-refractivity contribution in [2.45, 2.75) is 26.2 Å². The van der Waals surface area contributed by atoms with Crippen LogP contribution in [0.15, 0.2) is 11.6 Å². The van der Waals surface area contributed by atoms with Crippen molar-refractivity contribution < 1.29 is 9.53 Å². The third kappa shape index (κ3) is 2.06. The highest BCUT2D eigenvalue weighted by atomic mass is 32.1. The molecule has 1 aromatic rings. The van der Waals surface area contributed by atoms with E-state index in [1.54, 1.807) is 13.1 Å². The van der Waals surface area contributed by atoms with Gasteiger partial charge < -0.3 is 4.74 Å². The Hall–Kier alpha value is -0.900. The fraction of sp³-hybridized carbons (Fsp3) is 0.556. The van der Waals surface area contributed by atoms with Crippen LogP contribution >= 0.6 is 11.3 Å². The average Bonchev–Trinajstić information content (AvgIpc) is 2.56. The van der Waals surface area contributed by atoms with Crippen LogP contribution in [0.1, 0.15) is 25.8 Å². The van der Waals surface area contributed by atoms with Crippen LogP contribution in [0.25, 0.3) is 0 Å². The van der Waals surface area contributed by atoms with E-state index < -0.39 is 5.41 Å². The van der Waals surface area contributed by atoms with Crippen molar-refractivity contribution in [3.8, 4) is 0 Å². The van der Waals surface area contributed by atoms with E-state index in [0.29, 0.717) is 6.61 Å². The predicted octanol–water partition coefficient (Wildman–Crippen LogP) is 1.98. The molecule has 0 aliphatic heterocycles. The van der Waals surface area contributed by atoms with Crippen molar-refractivity contribution in [1.82, 2.24) is 4.98 Å². The maximum atomic E-state index is 11.5. The molecule has 1 aromatic heterocycles. The van der Waals surface area contributed by atoms with Gasteiger partial charge in [-0.05, 0) is 20.8 Å². The number of ether oxygens (including phenoxy) is 1. The zero-order valence-corrected chi connectivity index (χ0v) is 8.85. The molecule has 13 heavy (non-hydrogen) atoms. The van der Waals surface area contributed by atoms with E-state index in [0.717, 1.165) is 5.01 Å². The summed E-state index contributed by atoms with van der Waals surface area (Å²) < 4.78 is 4.96. The molecular formula is C9H13NO2S. The Morgan fingerprint density at radius 2 is 2.38 bits per heavy atom. The third-order valence-corrected chi connectivity index (χ3v) is 2.85. The van der Waals surface area contributed by atoms with Gasteiger partial charge in [0, 0.05) is 11.6 Å². The standard InChI is InChI=1S/C9H13NO2S/c1-4-12-8(11)9(2,3)7-10-5-6-13-7/h5-6H,4H2,1-3H3. The van der Waals surface area contributed by atoms with Gasteiger partial charge in [-0.1, -0.05) is 0 Å². The number of carbonyl (C=O) groups excluding carboxylic acids is 1. The highest BCUT2D eigenvalue weighted by molar-refractivity contribution is 7.09. The largest absolute Gasteiger partial charge is 0.465 e. The van der Waals surface area contributed by atoms with Crippen LogP contribution in [0.5, 0.6) is 0 Å². The molecule has 0 atom stereocenters. The van der Waals surface area contributed by atoms with E-state index in [2.05, 4.69) is 4.98 Å². The van der Waals surface area contributed by atoms with E-state index in [9.17, 15) is 4.79 Å². The van der Waals surface area contributed by atoms with Crippen molar-refractivity contribution in [1.29, 1.82) is 0 Å². The molecule has 1 heterocycles. The molecule has 0 saturated carbocycles. The van der Waals surface area contributed by atoms with Crippen LogP contribution in [0.4, 0.5) is 0 Å². The molecule has 0 amide bonds. The number of hydrogen-bond donors (Lipinski definition) is 0. The number of esters is 1. The zero-order valence-electron chi connectivity index (χ0n) is 8.03. The smallest absolute Gasteiger partial charge is 0.318 e. The van der Waals surface area contributed by atoms with Crippen molar-refractivity contribution >= 4 is 17.3 Å². The SMILES string of the molecule is CCOC(=O)C(C)(C)c1nccs1. The molecule has 0 radical (unpaired) electrons. The Bertz CT molecular complexity index is 280. The van der Waals surface area contributed by atoms with Gasteiger partial charge in [0.15, 0.2) is 0 Å². The molecule has 3 nitrogen and oxygen atoms in total. The van der Waals surface area contributed by atoms with Gasteiger partial charge in [0.2, 0.25) is 0 Å². The second kappa shape index (κ2) is 3.87. The Labute approximate surface area is 81.8 Å². The first-order chi connectivity index (χ1) is 6.09. The molecule has 0 fully saturated rings. The fourth-order valence-electron chi connectivity index (χ4n) is 0.931. The second-order valence-electron chi connectivity index (χ2n) is 3.18. The Balaban J connectivity index is 2.82. The summed E-state index contributed by atoms with van der Waals surface area (Å²) in [7, 11) is 0. The van der Waals surface area contributed by atoms with Gasteiger partial charge in [0.05, 0.1) is 6.61 Å². The first-order valence-electron chi connectivity index (χ1n) is 4.16. The van der Waals surface area contributed by atoms with E-state index in [1.807, 2.05) is 19.2 Å². The number of carbonyl (C=O) groups is 1. The summed E-state index contributed by atoms with van der Waals surface area (Å²) in [5, 5.41) is 2.65. The van der Waals surface area contributed by atoms with Gasteiger partial charge in [0.1, 0.15) is 10.4 Å². The normalized spacial score (nSPS) is 11.3. The number of hydrogen-bond acceptors (Lipinski definition) is 4. The van der Waals surface area contributed by atoms with E-state index in [-0.39, 0.29) is 5.97 Å². The Morgan fingerprint density at radius 1 is 1.69 bits per heavy atom. The first-order valence-corrected chi connectivity index (χ1v) is 5.04. The van der Waals surface area contributed by atoms with Crippen LogP contribution in [0, 0.1) is 0 Å². The summed E-state index contributed by atoms with van der Waals surface area (Å²) >= 11 is 1.47. The maximum Gasteiger partial charge on any atom is 0.318 e. The lowest BCUT2D eigenvalue weighted by Crippen LogP contribution is -2.30. The lowest BCUT2D eigenvalue weighted by Gasteiger charge is -2.18. The number of thiazole rings is 1. The highest BCUT2D eigenvalue weighted by Crippen LogP contribution is 2.26. The third-order valence-electron chi connectivity index (χ3n) is 1.75. The molecule has 0 N–H and O–H groups in total. The summed E-state index contributed by atoms with van der Waals surface area (Å²) in [6.07, 6.45) is 1.70. The van der Waals surface area contributed by atoms with Gasteiger partial charge in [0.25, 0.3) is 0 Å². The molecule has 0 bridgehead atoms. The summed E-state index contributed by atoms with van der Waals surface area (Å²) in [4.78, 5) is 15.6. The molecule has 0 unspecified atom stereocenters. The van der Waals surface area contributed by atoms with Gasteiger partial charge in [-0.3, -0.25) is 4.79 Å². The molecule has 0 aliphatic rings. The van der Waals surface area contributed by atoms with E-state index in [4.69, 9.17) is 4.74 Å². The Morgan fingerprint density at radius 3 is 2.85 bits per heavy atom. The monoisotopic (exact) mass is 199 g/mol. The molecule has 0 aromatic carbocycles. The molecule has 4 heteroatoms. The molecule has 0 saturated heterocycles. The van der Waals surface area contributed by atoms with Gasteiger partial charge in [-0.25, -0.2) is 4.98 Å². The van der Waals surface area contributed by atoms with Crippen molar-refractivity contribution in [3.63, 3.8) is 0 Å². The molecule has 0 spiro atoms. The number of aromatic nitrogens is 1. The van der Waals surface area contributed by atoms with Gasteiger partial charge >= 0.3 is 5.97 Å². The maximum absolute atomic E-state index is 11.5. The predicted molar refractivity (Wildman–Crippen MR) is 51.8 cm³/mol. The van der Waals surface area contributed by atoms with E-state index >= 15 is 0 Å². The van der Waals surface area contributed by atoms with Gasteiger partial charge in [-0.2, -0.15) is 0 Å². The van der Waals surface area contributed by atoms with Crippen LogP contribution in [0.2, 0.25) is 0 Å². The molecule has 1 rings (SSSR count). The molecule has 72 valence electrons. The lowest BCUT2D eigenvalue weighted by atomic mass is 9.95. The van der Waals surface area contributed by atoms with Crippen LogP contribution in [-0.4, -0.2) is 17.6 Å². The second-order valence-corrected chi connectivity index (χ2v) is 4.08. The number of nitrogens with zero attached hydrogens (tertiary/aromatic N) is 1. The van der Waals surface area contributed by atoms with Crippen molar-refractivity contribution in [2.75, 3.05) is 6.61 Å². The summed E-state index contributed by atoms with van der Waals surface area (Å²) in [5.41, 5.74) is -0.621. The van der Waals surface area contributed by atoms with Crippen LogP contribution < -0.4 is 0 Å². The quantitative estimate of drug-likeness (QED) is 0.699. The minimum atomic E-state index is -0.621. The summed E-state index contributed by atoms with van der Waals surface area (Å²) in [6.45, 7) is 5.86. The molecule has 0 aliphatic carbocycles. The average molecular weight is 199 g/mol. The highest BCUT2D eigenvalue weighted by Gasteiger charge is 2.33. The number of rotatable bonds is 3. The van der Waals surface area contributed by atoms with Crippen LogP contribution in [0.3, 0.4) is 0 Å². The summed E-state index contributed by atoms with van der Waals surface area (Å²) in [6, 6.07) is 0. The first kappa shape index (κ1) is 10.2. The molecular weight excluding hydrogens is 186 g/mol. The Kier molecular flexibility index (Phi) is 3.03. The lowest BCUT2D eigenvalue weighted by molar-refractivity contribution is -0.148. The van der Waals surface area contributed by atoms with Gasteiger partial charge in [-0.15, -0.1) is 11.3 Å². The minimum absolute atomic E-state index is 0.218. The van der Waals surface area contributed by atoms with Crippen molar-refractivity contribution in [2.24, 2.45) is 0 Å². The summed E-state index contributed by atoms with van der Waals surface area (Å²) in [5.74, 6) is -0.218. The fourth-order valence-corrected chi connectivity index (χ4v) is 1.68. The topological polar surface area (TPSA) is 39.2 Å².